The van der Waals surface area contributed by atoms with E-state index in [0.717, 1.165) is 31.1 Å². The maximum Gasteiger partial charge on any atom is 1.00 e. The van der Waals surface area contributed by atoms with Crippen LogP contribution < -0.4 is 51.4 Å². The van der Waals surface area contributed by atoms with Gasteiger partial charge in [-0.25, -0.2) is 8.42 Å². The van der Waals surface area contributed by atoms with Crippen LogP contribution in [0.25, 0.3) is 10.8 Å². The van der Waals surface area contributed by atoms with Crippen LogP contribution >= 0.6 is 0 Å². The van der Waals surface area contributed by atoms with E-state index in [0.29, 0.717) is 5.39 Å². The Morgan fingerprint density at radius 2 is 1.18 bits per heavy atom. The molecule has 0 atom stereocenters. The summed E-state index contributed by atoms with van der Waals surface area (Å²) in [5.41, 5.74) is 2.36. The number of hydrogen-bond acceptors (Lipinski definition) is 3. The zero-order valence-electron chi connectivity index (χ0n) is 21.3. The molecule has 0 aliphatic heterocycles. The van der Waals surface area contributed by atoms with Crippen molar-refractivity contribution in [3.05, 3.63) is 41.5 Å². The zero-order chi connectivity index (χ0) is 23.2. The van der Waals surface area contributed by atoms with Gasteiger partial charge in [0.15, 0.2) is 0 Å². The molecule has 0 saturated heterocycles. The SMILES string of the molecule is CCCCCCCCCc1cc(CCCCCCCCC)c2cccc(S(=O)(=O)[O-])c2c1.[K+]. The molecule has 33 heavy (non-hydrogen) atoms. The van der Waals surface area contributed by atoms with Crippen LogP contribution in [0.5, 0.6) is 0 Å². The van der Waals surface area contributed by atoms with E-state index in [1.165, 1.54) is 94.2 Å². The Kier molecular flexibility index (Phi) is 16.7. The van der Waals surface area contributed by atoms with Gasteiger partial charge in [-0.2, -0.15) is 0 Å². The quantitative estimate of drug-likeness (QED) is 0.168. The molecule has 0 saturated carbocycles. The molecule has 2 rings (SSSR count). The monoisotopic (exact) mass is 498 g/mol. The molecule has 0 unspecified atom stereocenters. The second kappa shape index (κ2) is 17.6. The molecule has 0 spiro atoms. The molecule has 0 aromatic heterocycles. The molecule has 180 valence electrons. The Labute approximate surface area is 245 Å². The van der Waals surface area contributed by atoms with Gasteiger partial charge in [-0.1, -0.05) is 109 Å². The van der Waals surface area contributed by atoms with Gasteiger partial charge in [-0.15, -0.1) is 0 Å². The van der Waals surface area contributed by atoms with Gasteiger partial charge >= 0.3 is 51.4 Å². The van der Waals surface area contributed by atoms with Crippen molar-refractivity contribution >= 4 is 20.9 Å². The fraction of sp³-hybridized carbons (Fsp3) is 0.643. The third kappa shape index (κ3) is 11.7. The van der Waals surface area contributed by atoms with Crippen LogP contribution in [-0.4, -0.2) is 13.0 Å². The van der Waals surface area contributed by atoms with Crippen molar-refractivity contribution in [2.45, 2.75) is 121 Å². The van der Waals surface area contributed by atoms with Crippen molar-refractivity contribution in [3.8, 4) is 0 Å². The first kappa shape index (κ1) is 31.3. The van der Waals surface area contributed by atoms with Gasteiger partial charge in [-0.3, -0.25) is 0 Å². The number of aryl methyl sites for hydroxylation is 2. The van der Waals surface area contributed by atoms with E-state index in [1.807, 2.05) is 12.1 Å². The molecule has 3 nitrogen and oxygen atoms in total. The minimum atomic E-state index is -4.49. The van der Waals surface area contributed by atoms with Crippen LogP contribution in [-0.2, 0) is 23.0 Å². The number of hydrogen-bond donors (Lipinski definition) is 0. The molecule has 2 aromatic carbocycles. The van der Waals surface area contributed by atoms with Crippen molar-refractivity contribution in [3.63, 3.8) is 0 Å². The number of benzene rings is 2. The van der Waals surface area contributed by atoms with E-state index in [9.17, 15) is 13.0 Å². The van der Waals surface area contributed by atoms with Crippen LogP contribution in [0.15, 0.2) is 35.2 Å². The number of fused-ring (bicyclic) bond motifs is 1. The summed E-state index contributed by atoms with van der Waals surface area (Å²) in [5.74, 6) is 0. The standard InChI is InChI=1S/C28H44O3S.K/c1-3-5-7-9-11-13-15-18-24-22-25(19-16-14-12-10-8-6-4-2)26-20-17-21-28(27(26)23-24)32(29,30)31;/h17,20-23H,3-16,18-19H2,1-2H3,(H,29,30,31);/q;+1/p-1. The smallest absolute Gasteiger partial charge is 0.744 e. The Morgan fingerprint density at radius 1 is 0.667 bits per heavy atom. The third-order valence-corrected chi connectivity index (χ3v) is 7.38. The third-order valence-electron chi connectivity index (χ3n) is 6.49. The Morgan fingerprint density at radius 3 is 1.73 bits per heavy atom. The first-order valence-corrected chi connectivity index (χ1v) is 14.4. The van der Waals surface area contributed by atoms with Crippen molar-refractivity contribution in [2.24, 2.45) is 0 Å². The van der Waals surface area contributed by atoms with Gasteiger partial charge in [0.2, 0.25) is 0 Å². The van der Waals surface area contributed by atoms with Gasteiger partial charge in [-0.05, 0) is 59.7 Å². The molecular formula is C28H43KO3S. The van der Waals surface area contributed by atoms with E-state index in [1.54, 1.807) is 6.07 Å². The molecule has 0 radical (unpaired) electrons. The van der Waals surface area contributed by atoms with Crippen LogP contribution in [0.4, 0.5) is 0 Å². The van der Waals surface area contributed by atoms with Crippen molar-refractivity contribution < 1.29 is 64.4 Å². The van der Waals surface area contributed by atoms with E-state index in [2.05, 4.69) is 19.9 Å². The molecule has 0 fully saturated rings. The Bertz CT molecular complexity index is 909. The summed E-state index contributed by atoms with van der Waals surface area (Å²) in [6.45, 7) is 4.47. The maximum absolute atomic E-state index is 11.9. The van der Waals surface area contributed by atoms with Crippen molar-refractivity contribution in [1.29, 1.82) is 0 Å². The van der Waals surface area contributed by atoms with Crippen LogP contribution in [0, 0.1) is 0 Å². The molecule has 2 aromatic rings. The topological polar surface area (TPSA) is 57.2 Å². The summed E-state index contributed by atoms with van der Waals surface area (Å²) in [7, 11) is -4.49. The Balaban J connectivity index is 0.00000544. The maximum atomic E-state index is 11.9. The second-order valence-electron chi connectivity index (χ2n) is 9.30. The average molecular weight is 499 g/mol. The van der Waals surface area contributed by atoms with Crippen molar-refractivity contribution in [1.82, 2.24) is 0 Å². The predicted octanol–water partition coefficient (Wildman–Crippen LogP) is 5.33. The minimum absolute atomic E-state index is 0. The number of rotatable bonds is 17. The molecule has 0 heterocycles. The molecule has 5 heteroatoms. The minimum Gasteiger partial charge on any atom is -0.744 e. The van der Waals surface area contributed by atoms with Gasteiger partial charge < -0.3 is 4.55 Å². The molecule has 0 aliphatic carbocycles. The van der Waals surface area contributed by atoms with Crippen LogP contribution in [0.1, 0.15) is 115 Å². The van der Waals surface area contributed by atoms with Gasteiger partial charge in [0.25, 0.3) is 0 Å². The van der Waals surface area contributed by atoms with Crippen molar-refractivity contribution in [2.75, 3.05) is 0 Å². The molecular weight excluding hydrogens is 455 g/mol. The van der Waals surface area contributed by atoms with E-state index in [-0.39, 0.29) is 56.3 Å². The van der Waals surface area contributed by atoms with E-state index in [4.69, 9.17) is 0 Å². The summed E-state index contributed by atoms with van der Waals surface area (Å²) in [6.07, 6.45) is 19.4. The first-order chi connectivity index (χ1) is 15.5. The van der Waals surface area contributed by atoms with E-state index < -0.39 is 10.1 Å². The molecule has 0 aliphatic rings. The fourth-order valence-corrected chi connectivity index (χ4v) is 5.31. The number of unbranched alkanes of at least 4 members (excludes halogenated alkanes) is 12. The zero-order valence-corrected chi connectivity index (χ0v) is 25.3. The van der Waals surface area contributed by atoms with Gasteiger partial charge in [0.05, 0.1) is 4.90 Å². The van der Waals surface area contributed by atoms with Crippen LogP contribution in [0.3, 0.4) is 0 Å². The fourth-order valence-electron chi connectivity index (χ4n) is 4.63. The van der Waals surface area contributed by atoms with Gasteiger partial charge in [0.1, 0.15) is 10.1 Å². The summed E-state index contributed by atoms with van der Waals surface area (Å²) >= 11 is 0. The molecule has 0 N–H and O–H groups in total. The molecule has 0 bridgehead atoms. The normalized spacial score (nSPS) is 11.6. The average Bonchev–Trinajstić information content (AvgIpc) is 2.76. The summed E-state index contributed by atoms with van der Waals surface area (Å²) in [5, 5.41) is 1.54. The summed E-state index contributed by atoms with van der Waals surface area (Å²) in [6, 6.07) is 9.35. The van der Waals surface area contributed by atoms with Crippen LogP contribution in [0.2, 0.25) is 0 Å². The molecule has 0 amide bonds. The van der Waals surface area contributed by atoms with E-state index >= 15 is 0 Å². The largest absolute Gasteiger partial charge is 1.00 e. The Hall–Kier alpha value is 0.246. The second-order valence-corrected chi connectivity index (χ2v) is 10.7. The summed E-state index contributed by atoms with van der Waals surface area (Å²) in [4.78, 5) is -0.0720. The van der Waals surface area contributed by atoms with Gasteiger partial charge in [0, 0.05) is 0 Å². The predicted molar refractivity (Wildman–Crippen MR) is 135 cm³/mol. The first-order valence-electron chi connectivity index (χ1n) is 13.0. The summed E-state index contributed by atoms with van der Waals surface area (Å²) < 4.78 is 35.7.